The first-order valence-electron chi connectivity index (χ1n) is 5.96. The average Bonchev–Trinajstić information content (AvgIpc) is 2.37. The Morgan fingerprint density at radius 3 is 2.59 bits per heavy atom. The van der Waals surface area contributed by atoms with Crippen LogP contribution in [0.15, 0.2) is 30.3 Å². The molecule has 0 spiro atoms. The van der Waals surface area contributed by atoms with Gasteiger partial charge in [-0.05, 0) is 12.0 Å². The summed E-state index contributed by atoms with van der Waals surface area (Å²) in [5.74, 6) is 0. The van der Waals surface area contributed by atoms with E-state index in [0.29, 0.717) is 26.3 Å². The molecule has 1 aromatic carbocycles. The molecule has 0 saturated heterocycles. The van der Waals surface area contributed by atoms with Crippen molar-refractivity contribution in [2.45, 2.75) is 20.0 Å². The lowest BCUT2D eigenvalue weighted by molar-refractivity contribution is 0.123. The molecular weight excluding hydrogens is 216 g/mol. The van der Waals surface area contributed by atoms with Crippen molar-refractivity contribution < 1.29 is 9.53 Å². The van der Waals surface area contributed by atoms with Crippen LogP contribution >= 0.6 is 0 Å². The number of hydrogen-bond donors (Lipinski definition) is 2. The van der Waals surface area contributed by atoms with E-state index in [0.717, 1.165) is 12.0 Å². The molecule has 2 N–H and O–H groups in total. The number of benzene rings is 1. The number of ether oxygens (including phenoxy) is 1. The molecule has 17 heavy (non-hydrogen) atoms. The minimum absolute atomic E-state index is 0.129. The molecule has 94 valence electrons. The molecule has 0 aliphatic carbocycles. The van der Waals surface area contributed by atoms with Gasteiger partial charge in [-0.25, -0.2) is 4.79 Å². The van der Waals surface area contributed by atoms with Crippen molar-refractivity contribution in [2.24, 2.45) is 0 Å². The number of nitrogens with one attached hydrogen (secondary N) is 2. The minimum Gasteiger partial charge on any atom is -0.375 e. The van der Waals surface area contributed by atoms with Gasteiger partial charge in [0, 0.05) is 13.1 Å². The quantitative estimate of drug-likeness (QED) is 0.710. The van der Waals surface area contributed by atoms with Gasteiger partial charge in [0.2, 0.25) is 0 Å². The first-order valence-corrected chi connectivity index (χ1v) is 5.96. The topological polar surface area (TPSA) is 50.4 Å². The van der Waals surface area contributed by atoms with E-state index in [1.165, 1.54) is 0 Å². The molecule has 4 nitrogen and oxygen atoms in total. The summed E-state index contributed by atoms with van der Waals surface area (Å²) in [5, 5.41) is 5.46. The predicted octanol–water partition coefficient (Wildman–Crippen LogP) is 1.91. The van der Waals surface area contributed by atoms with E-state index in [2.05, 4.69) is 10.6 Å². The summed E-state index contributed by atoms with van der Waals surface area (Å²) >= 11 is 0. The molecule has 4 heteroatoms. The van der Waals surface area contributed by atoms with E-state index in [9.17, 15) is 4.79 Å². The van der Waals surface area contributed by atoms with Gasteiger partial charge in [-0.3, -0.25) is 0 Å². The second-order valence-corrected chi connectivity index (χ2v) is 3.72. The van der Waals surface area contributed by atoms with Crippen LogP contribution in [0.2, 0.25) is 0 Å². The van der Waals surface area contributed by atoms with Gasteiger partial charge < -0.3 is 15.4 Å². The van der Waals surface area contributed by atoms with Gasteiger partial charge in [-0.2, -0.15) is 0 Å². The lowest BCUT2D eigenvalue weighted by atomic mass is 10.2. The van der Waals surface area contributed by atoms with Gasteiger partial charge in [0.1, 0.15) is 0 Å². The first kappa shape index (κ1) is 13.5. The Kier molecular flexibility index (Phi) is 6.82. The molecule has 0 heterocycles. The van der Waals surface area contributed by atoms with Crippen LogP contribution in [0.4, 0.5) is 4.79 Å². The summed E-state index contributed by atoms with van der Waals surface area (Å²) in [6, 6.07) is 9.84. The third-order valence-electron chi connectivity index (χ3n) is 2.18. The number of rotatable bonds is 7. The number of urea groups is 1. The summed E-state index contributed by atoms with van der Waals surface area (Å²) in [6.07, 6.45) is 0.942. The lowest BCUT2D eigenvalue weighted by Gasteiger charge is -2.07. The van der Waals surface area contributed by atoms with Crippen molar-refractivity contribution in [1.82, 2.24) is 10.6 Å². The molecule has 0 saturated carbocycles. The fourth-order valence-corrected chi connectivity index (χ4v) is 1.30. The maximum absolute atomic E-state index is 11.2. The van der Waals surface area contributed by atoms with Crippen molar-refractivity contribution in [3.8, 4) is 0 Å². The Morgan fingerprint density at radius 1 is 1.18 bits per heavy atom. The van der Waals surface area contributed by atoms with Gasteiger partial charge in [-0.1, -0.05) is 37.3 Å². The Balaban J connectivity index is 1.99. The molecule has 0 radical (unpaired) electrons. The number of carbonyl (C=O) groups excluding carboxylic acids is 1. The van der Waals surface area contributed by atoms with Crippen molar-refractivity contribution in [1.29, 1.82) is 0 Å². The highest BCUT2D eigenvalue weighted by molar-refractivity contribution is 5.73. The molecule has 0 atom stereocenters. The van der Waals surface area contributed by atoms with Crippen LogP contribution in [0.1, 0.15) is 18.9 Å². The molecule has 0 unspecified atom stereocenters. The third-order valence-corrected chi connectivity index (χ3v) is 2.18. The maximum atomic E-state index is 11.2. The Bertz CT molecular complexity index is 314. The second kappa shape index (κ2) is 8.58. The summed E-state index contributed by atoms with van der Waals surface area (Å²) in [7, 11) is 0. The van der Waals surface area contributed by atoms with E-state index >= 15 is 0 Å². The zero-order chi connectivity index (χ0) is 12.3. The molecule has 1 aromatic rings. The Hall–Kier alpha value is -1.55. The highest BCUT2D eigenvalue weighted by Crippen LogP contribution is 1.99. The first-order chi connectivity index (χ1) is 8.33. The smallest absolute Gasteiger partial charge is 0.314 e. The van der Waals surface area contributed by atoms with Crippen molar-refractivity contribution >= 4 is 6.03 Å². The van der Waals surface area contributed by atoms with Gasteiger partial charge in [-0.15, -0.1) is 0 Å². The van der Waals surface area contributed by atoms with Crippen LogP contribution in [-0.2, 0) is 11.3 Å². The zero-order valence-electron chi connectivity index (χ0n) is 10.2. The van der Waals surface area contributed by atoms with E-state index < -0.39 is 0 Å². The van der Waals surface area contributed by atoms with Gasteiger partial charge in [0.15, 0.2) is 0 Å². The van der Waals surface area contributed by atoms with Crippen LogP contribution in [0.25, 0.3) is 0 Å². The van der Waals surface area contributed by atoms with Crippen LogP contribution in [0, 0.1) is 0 Å². The van der Waals surface area contributed by atoms with Gasteiger partial charge in [0.05, 0.1) is 13.2 Å². The third kappa shape index (κ3) is 6.58. The monoisotopic (exact) mass is 236 g/mol. The van der Waals surface area contributed by atoms with E-state index in [1.54, 1.807) is 0 Å². The molecular formula is C13H20N2O2. The summed E-state index contributed by atoms with van der Waals surface area (Å²) < 4.78 is 5.43. The number of hydrogen-bond acceptors (Lipinski definition) is 2. The fraction of sp³-hybridized carbons (Fsp3) is 0.462. The fourth-order valence-electron chi connectivity index (χ4n) is 1.30. The predicted molar refractivity (Wildman–Crippen MR) is 67.8 cm³/mol. The normalized spacial score (nSPS) is 9.94. The van der Waals surface area contributed by atoms with Crippen LogP contribution in [0.3, 0.4) is 0 Å². The van der Waals surface area contributed by atoms with Crippen molar-refractivity contribution in [3.05, 3.63) is 35.9 Å². The van der Waals surface area contributed by atoms with Crippen LogP contribution in [-0.4, -0.2) is 25.7 Å². The van der Waals surface area contributed by atoms with E-state index in [-0.39, 0.29) is 6.03 Å². The molecule has 2 amide bonds. The maximum Gasteiger partial charge on any atom is 0.314 e. The lowest BCUT2D eigenvalue weighted by Crippen LogP contribution is -2.37. The molecule has 0 aliphatic heterocycles. The van der Waals surface area contributed by atoms with Gasteiger partial charge >= 0.3 is 6.03 Å². The molecule has 1 rings (SSSR count). The SMILES string of the molecule is CCCNC(=O)NCCOCc1ccccc1. The van der Waals surface area contributed by atoms with E-state index in [1.807, 2.05) is 37.3 Å². The average molecular weight is 236 g/mol. The standard InChI is InChI=1S/C13H20N2O2/c1-2-8-14-13(16)15-9-10-17-11-12-6-4-3-5-7-12/h3-7H,2,8-11H2,1H3,(H2,14,15,16). The van der Waals surface area contributed by atoms with Crippen molar-refractivity contribution in [3.63, 3.8) is 0 Å². The van der Waals surface area contributed by atoms with Crippen LogP contribution < -0.4 is 10.6 Å². The largest absolute Gasteiger partial charge is 0.375 e. The molecule has 0 aliphatic rings. The Morgan fingerprint density at radius 2 is 1.88 bits per heavy atom. The Labute approximate surface area is 102 Å². The van der Waals surface area contributed by atoms with Crippen molar-refractivity contribution in [2.75, 3.05) is 19.7 Å². The number of amides is 2. The summed E-state index contributed by atoms with van der Waals surface area (Å²) in [6.45, 7) is 4.36. The highest BCUT2D eigenvalue weighted by Gasteiger charge is 1.97. The number of carbonyl (C=O) groups is 1. The minimum atomic E-state index is -0.129. The molecule has 0 fully saturated rings. The second-order valence-electron chi connectivity index (χ2n) is 3.72. The molecule has 0 bridgehead atoms. The zero-order valence-corrected chi connectivity index (χ0v) is 10.2. The van der Waals surface area contributed by atoms with E-state index in [4.69, 9.17) is 4.74 Å². The highest BCUT2D eigenvalue weighted by atomic mass is 16.5. The van der Waals surface area contributed by atoms with Crippen LogP contribution in [0.5, 0.6) is 0 Å². The summed E-state index contributed by atoms with van der Waals surface area (Å²) in [5.41, 5.74) is 1.14. The molecule has 0 aromatic heterocycles. The van der Waals surface area contributed by atoms with Gasteiger partial charge in [0.25, 0.3) is 0 Å². The summed E-state index contributed by atoms with van der Waals surface area (Å²) in [4.78, 5) is 11.2.